The number of amides is 1. The molecule has 1 unspecified atom stereocenters. The van der Waals surface area contributed by atoms with Crippen LogP contribution in [-0.2, 0) is 20.9 Å². The Morgan fingerprint density at radius 3 is 2.59 bits per heavy atom. The average molecular weight is 397 g/mol. The van der Waals surface area contributed by atoms with Crippen molar-refractivity contribution in [3.05, 3.63) is 58.8 Å². The summed E-state index contributed by atoms with van der Waals surface area (Å²) in [6, 6.07) is 13.2. The number of hydrogen-bond donors (Lipinski definition) is 2. The van der Waals surface area contributed by atoms with Crippen LogP contribution in [0, 0.1) is 18.8 Å². The van der Waals surface area contributed by atoms with E-state index in [1.165, 1.54) is 18.5 Å². The Hall–Kier alpha value is -3.75. The lowest BCUT2D eigenvalue weighted by atomic mass is 10.1. The van der Waals surface area contributed by atoms with Crippen molar-refractivity contribution in [2.45, 2.75) is 33.4 Å². The molecule has 150 valence electrons. The minimum absolute atomic E-state index is 0.0282. The number of ether oxygens (including phenoxy) is 1. The van der Waals surface area contributed by atoms with Crippen LogP contribution in [0.15, 0.2) is 42.5 Å². The summed E-state index contributed by atoms with van der Waals surface area (Å²) in [6.45, 7) is 4.25. The number of carbonyl (C=O) groups is 2. The van der Waals surface area contributed by atoms with Crippen molar-refractivity contribution in [2.24, 2.45) is 0 Å². The van der Waals surface area contributed by atoms with Gasteiger partial charge in [0.05, 0.1) is 4.91 Å². The number of fused-ring (bicyclic) bond motifs is 1. The first-order valence-electron chi connectivity index (χ1n) is 8.96. The maximum Gasteiger partial charge on any atom is 0.359 e. The molecule has 1 amide bonds. The van der Waals surface area contributed by atoms with E-state index in [4.69, 9.17) is 9.94 Å². The van der Waals surface area contributed by atoms with Gasteiger partial charge in [0, 0.05) is 11.1 Å². The maximum absolute atomic E-state index is 12.5. The van der Waals surface area contributed by atoms with Crippen molar-refractivity contribution >= 4 is 34.0 Å². The van der Waals surface area contributed by atoms with Gasteiger partial charge in [-0.2, -0.15) is 5.10 Å². The minimum Gasteiger partial charge on any atom is -0.451 e. The van der Waals surface area contributed by atoms with Gasteiger partial charge in [-0.1, -0.05) is 36.4 Å². The highest BCUT2D eigenvalue weighted by atomic mass is 16.6. The predicted molar refractivity (Wildman–Crippen MR) is 105 cm³/mol. The van der Waals surface area contributed by atoms with Gasteiger partial charge in [-0.25, -0.2) is 5.21 Å². The van der Waals surface area contributed by atoms with Crippen LogP contribution < -0.4 is 5.32 Å². The molecule has 2 N–H and O–H groups in total. The van der Waals surface area contributed by atoms with E-state index in [1.807, 2.05) is 36.4 Å². The van der Waals surface area contributed by atoms with Crippen LogP contribution in [0.25, 0.3) is 10.8 Å². The standard InChI is InChI=1S/C20H20N4O5/c1-12-19(24(27)28)13(2)23(22-12)11-18(25)29-14(3)20(26)21-17-10-6-8-15-7-4-5-9-16(15)17/h4-10,14H,11H2,1-3H3,(H-,21,26,27,28)/p+1. The van der Waals surface area contributed by atoms with Crippen molar-refractivity contribution in [3.8, 4) is 0 Å². The van der Waals surface area contributed by atoms with E-state index in [1.54, 1.807) is 13.0 Å². The number of anilines is 1. The summed E-state index contributed by atoms with van der Waals surface area (Å²) in [7, 11) is 0. The van der Waals surface area contributed by atoms with Crippen LogP contribution in [0.2, 0.25) is 0 Å². The van der Waals surface area contributed by atoms with Gasteiger partial charge in [-0.05, 0) is 32.2 Å². The van der Waals surface area contributed by atoms with E-state index in [-0.39, 0.29) is 22.8 Å². The van der Waals surface area contributed by atoms with Gasteiger partial charge in [0.25, 0.3) is 10.8 Å². The molecule has 3 rings (SSSR count). The highest BCUT2D eigenvalue weighted by Crippen LogP contribution is 2.23. The molecule has 1 aromatic heterocycles. The molecule has 0 radical (unpaired) electrons. The zero-order valence-electron chi connectivity index (χ0n) is 16.2. The zero-order chi connectivity index (χ0) is 21.1. The molecule has 0 aliphatic rings. The predicted octanol–water partition coefficient (Wildman–Crippen LogP) is 3.02. The third kappa shape index (κ3) is 4.23. The molecule has 0 spiro atoms. The summed E-state index contributed by atoms with van der Waals surface area (Å²) >= 11 is 0. The minimum atomic E-state index is -1.04. The first kappa shape index (κ1) is 20.0. The van der Waals surface area contributed by atoms with Crippen molar-refractivity contribution in [2.75, 3.05) is 5.32 Å². The Bertz CT molecular complexity index is 1100. The second-order valence-electron chi connectivity index (χ2n) is 6.60. The van der Waals surface area contributed by atoms with E-state index in [9.17, 15) is 14.5 Å². The van der Waals surface area contributed by atoms with E-state index in [2.05, 4.69) is 10.4 Å². The van der Waals surface area contributed by atoms with E-state index < -0.39 is 18.0 Å². The largest absolute Gasteiger partial charge is 0.451 e. The summed E-state index contributed by atoms with van der Waals surface area (Å²) < 4.78 is 6.44. The topological polar surface area (TPSA) is 114 Å². The van der Waals surface area contributed by atoms with E-state index in [0.29, 0.717) is 11.4 Å². The second kappa shape index (κ2) is 8.09. The van der Waals surface area contributed by atoms with E-state index in [0.717, 1.165) is 10.8 Å². The highest BCUT2D eigenvalue weighted by molar-refractivity contribution is 6.03. The molecule has 3 aromatic rings. The van der Waals surface area contributed by atoms with Crippen molar-refractivity contribution < 1.29 is 24.5 Å². The number of nitrogens with zero attached hydrogens (tertiary/aromatic N) is 3. The Kier molecular flexibility index (Phi) is 5.58. The number of carbonyl (C=O) groups excluding carboxylic acids is 2. The lowest BCUT2D eigenvalue weighted by Gasteiger charge is -2.15. The number of aryl methyl sites for hydroxylation is 1. The van der Waals surface area contributed by atoms with Crippen LogP contribution in [-0.4, -0.2) is 37.9 Å². The van der Waals surface area contributed by atoms with Gasteiger partial charge >= 0.3 is 11.7 Å². The number of benzene rings is 2. The molecule has 0 bridgehead atoms. The molecule has 1 atom stereocenters. The SMILES string of the molecule is Cc1nn(CC(=O)OC(C)C(=O)Nc2cccc3ccccc23)c(C)c1[N+](=O)O. The summed E-state index contributed by atoms with van der Waals surface area (Å²) in [4.78, 5) is 35.6. The molecule has 2 aromatic carbocycles. The van der Waals surface area contributed by atoms with Crippen LogP contribution in [0.4, 0.5) is 11.4 Å². The smallest absolute Gasteiger partial charge is 0.359 e. The normalized spacial score (nSPS) is 11.8. The van der Waals surface area contributed by atoms with Gasteiger partial charge in [0.15, 0.2) is 6.10 Å². The number of esters is 1. The van der Waals surface area contributed by atoms with Crippen molar-refractivity contribution in [1.82, 2.24) is 9.78 Å². The quantitative estimate of drug-likeness (QED) is 0.488. The fraction of sp³-hybridized carbons (Fsp3) is 0.250. The number of aromatic nitrogens is 2. The third-order valence-corrected chi connectivity index (χ3v) is 4.54. The van der Waals surface area contributed by atoms with Gasteiger partial charge < -0.3 is 10.1 Å². The van der Waals surface area contributed by atoms with Crippen LogP contribution in [0.5, 0.6) is 0 Å². The molecule has 0 saturated carbocycles. The lowest BCUT2D eigenvalue weighted by molar-refractivity contribution is -0.730. The van der Waals surface area contributed by atoms with Gasteiger partial charge in [0.1, 0.15) is 17.9 Å². The third-order valence-electron chi connectivity index (χ3n) is 4.54. The molecular weight excluding hydrogens is 376 g/mol. The molecule has 9 nitrogen and oxygen atoms in total. The highest BCUT2D eigenvalue weighted by Gasteiger charge is 2.28. The van der Waals surface area contributed by atoms with Gasteiger partial charge in [-0.3, -0.25) is 14.3 Å². The molecule has 0 aliphatic heterocycles. The number of nitrogens with one attached hydrogen (secondary N) is 1. The number of hydrogen-bond acceptors (Lipinski definition) is 5. The monoisotopic (exact) mass is 397 g/mol. The summed E-state index contributed by atoms with van der Waals surface area (Å²) in [5, 5.41) is 17.8. The Balaban J connectivity index is 1.66. The molecular formula is C20H21N4O5+. The summed E-state index contributed by atoms with van der Waals surface area (Å²) in [5.41, 5.74) is 1.18. The fourth-order valence-corrected chi connectivity index (χ4v) is 3.10. The second-order valence-corrected chi connectivity index (χ2v) is 6.60. The molecule has 0 aliphatic carbocycles. The van der Waals surface area contributed by atoms with Crippen LogP contribution >= 0.6 is 0 Å². The Morgan fingerprint density at radius 1 is 1.21 bits per heavy atom. The molecule has 9 heteroatoms. The zero-order valence-corrected chi connectivity index (χ0v) is 16.2. The van der Waals surface area contributed by atoms with Gasteiger partial charge in [-0.15, -0.1) is 0 Å². The molecule has 0 saturated heterocycles. The molecule has 0 fully saturated rings. The van der Waals surface area contributed by atoms with Crippen molar-refractivity contribution in [3.63, 3.8) is 0 Å². The summed E-state index contributed by atoms with van der Waals surface area (Å²) in [6.07, 6.45) is -1.04. The number of rotatable bonds is 6. The Labute approximate surface area is 166 Å². The fourth-order valence-electron chi connectivity index (χ4n) is 3.10. The lowest BCUT2D eigenvalue weighted by Crippen LogP contribution is -2.31. The first-order valence-corrected chi connectivity index (χ1v) is 8.96. The molecule has 1 heterocycles. The molecule has 29 heavy (non-hydrogen) atoms. The first-order chi connectivity index (χ1) is 13.8. The van der Waals surface area contributed by atoms with Crippen LogP contribution in [0.1, 0.15) is 18.3 Å². The summed E-state index contributed by atoms with van der Waals surface area (Å²) in [5.74, 6) is -1.16. The average Bonchev–Trinajstić information content (AvgIpc) is 2.95. The Morgan fingerprint density at radius 2 is 1.90 bits per heavy atom. The van der Waals surface area contributed by atoms with E-state index >= 15 is 0 Å². The van der Waals surface area contributed by atoms with Crippen molar-refractivity contribution in [1.29, 1.82) is 0 Å². The van der Waals surface area contributed by atoms with Gasteiger partial charge in [0.2, 0.25) is 0 Å². The maximum atomic E-state index is 12.5. The van der Waals surface area contributed by atoms with Crippen LogP contribution in [0.3, 0.4) is 0 Å².